The number of unbranched alkanes of at least 4 members (excludes halogenated alkanes) is 3. The van der Waals surface area contributed by atoms with Crippen LogP contribution in [0.4, 0.5) is 0 Å². The van der Waals surface area contributed by atoms with Crippen LogP contribution in [-0.4, -0.2) is 95.9 Å². The van der Waals surface area contributed by atoms with Gasteiger partial charge in [0.05, 0.1) is 0 Å². The van der Waals surface area contributed by atoms with Gasteiger partial charge in [-0.3, -0.25) is 33.6 Å². The lowest BCUT2D eigenvalue weighted by Gasteiger charge is -2.25. The van der Waals surface area contributed by atoms with Crippen molar-refractivity contribution in [1.82, 2.24) is 37.2 Å². The van der Waals surface area contributed by atoms with Crippen LogP contribution in [0, 0.1) is 0 Å². The number of nitrogens with two attached hydrogens (primary N) is 1. The number of hydrogen-bond donors (Lipinski definition) is 9. The zero-order valence-corrected chi connectivity index (χ0v) is 26.5. The maximum absolute atomic E-state index is 13.3. The molecule has 0 aliphatic carbocycles. The molecule has 3 atom stereocenters. The lowest BCUT2D eigenvalue weighted by Crippen LogP contribution is -2.56. The summed E-state index contributed by atoms with van der Waals surface area (Å²) in [4.78, 5) is 83.1. The molecule has 0 spiro atoms. The van der Waals surface area contributed by atoms with E-state index in [4.69, 9.17) is 23.1 Å². The fourth-order valence-corrected chi connectivity index (χ4v) is 4.16. The Hall–Kier alpha value is -4.02. The highest BCUT2D eigenvalue weighted by molar-refractivity contribution is 7.80. The number of carboxylic acid groups (broad SMARTS) is 1. The van der Waals surface area contributed by atoms with Crippen molar-refractivity contribution in [3.63, 3.8) is 0 Å². The number of amides is 6. The summed E-state index contributed by atoms with van der Waals surface area (Å²) < 4.78 is 0. The second-order valence-corrected chi connectivity index (χ2v) is 10.6. The van der Waals surface area contributed by atoms with Gasteiger partial charge in [0.15, 0.2) is 5.11 Å². The topological polar surface area (TPSA) is 250 Å². The molecule has 0 aliphatic heterocycles. The second-order valence-electron chi connectivity index (χ2n) is 10.2. The Kier molecular flexibility index (Phi) is 21.3. The first-order valence-electron chi connectivity index (χ1n) is 14.6. The Morgan fingerprint density at radius 1 is 0.591 bits per heavy atom. The first kappa shape index (κ1) is 40.0. The van der Waals surface area contributed by atoms with Crippen LogP contribution in [0.3, 0.4) is 0 Å². The summed E-state index contributed by atoms with van der Waals surface area (Å²) in [5.41, 5.74) is 5.51. The Balaban J connectivity index is 5.37. The molecule has 0 fully saturated rings. The molecule has 44 heavy (non-hydrogen) atoms. The third-order valence-electron chi connectivity index (χ3n) is 6.18. The van der Waals surface area contributed by atoms with Crippen molar-refractivity contribution in [2.45, 2.75) is 96.7 Å². The largest absolute Gasteiger partial charge is 0.480 e. The van der Waals surface area contributed by atoms with Crippen molar-refractivity contribution >= 4 is 58.7 Å². The van der Waals surface area contributed by atoms with Crippen molar-refractivity contribution in [2.24, 2.45) is 5.73 Å². The first-order chi connectivity index (χ1) is 20.7. The molecule has 0 aromatic carbocycles. The van der Waals surface area contributed by atoms with Gasteiger partial charge >= 0.3 is 5.97 Å². The quantitative estimate of drug-likeness (QED) is 0.0447. The molecule has 0 saturated carbocycles. The third kappa shape index (κ3) is 21.6. The zero-order valence-electron chi connectivity index (χ0n) is 25.7. The van der Waals surface area contributed by atoms with E-state index in [0.29, 0.717) is 58.2 Å². The molecule has 250 valence electrons. The van der Waals surface area contributed by atoms with Gasteiger partial charge in [-0.05, 0) is 70.0 Å². The Bertz CT molecular complexity index is 997. The fourth-order valence-electron chi connectivity index (χ4n) is 3.98. The van der Waals surface area contributed by atoms with Crippen LogP contribution in [0.1, 0.15) is 78.6 Å². The SMILES string of the molecule is CC(=O)NCCCC[C@H](NC(=O)[C@H](CCCCNC(=S)NCC(=O)O)NC(=O)[C@H](CCCCNC(C)=O)NC(C)=O)C(N)=O. The minimum absolute atomic E-state index is 0.162. The maximum Gasteiger partial charge on any atom is 0.322 e. The summed E-state index contributed by atoms with van der Waals surface area (Å²) in [6, 6.07) is -2.99. The monoisotopic (exact) mass is 644 g/mol. The molecule has 0 unspecified atom stereocenters. The van der Waals surface area contributed by atoms with Gasteiger partial charge in [0.1, 0.15) is 24.7 Å². The van der Waals surface area contributed by atoms with E-state index in [1.165, 1.54) is 20.8 Å². The van der Waals surface area contributed by atoms with Crippen molar-refractivity contribution in [3.8, 4) is 0 Å². The molecule has 10 N–H and O–H groups in total. The number of primary amides is 1. The zero-order chi connectivity index (χ0) is 33.5. The molecule has 0 saturated heterocycles. The highest BCUT2D eigenvalue weighted by Crippen LogP contribution is 2.08. The average molecular weight is 645 g/mol. The van der Waals surface area contributed by atoms with E-state index >= 15 is 0 Å². The number of carbonyl (C=O) groups is 7. The normalized spacial score (nSPS) is 12.4. The second kappa shape index (κ2) is 23.4. The molecule has 6 amide bonds. The summed E-state index contributed by atoms with van der Waals surface area (Å²) >= 11 is 5.01. The lowest BCUT2D eigenvalue weighted by atomic mass is 10.0. The number of nitrogens with one attached hydrogen (secondary N) is 7. The summed E-state index contributed by atoms with van der Waals surface area (Å²) in [5, 5.41) is 27.5. The molecular formula is C27H48N8O8S. The van der Waals surface area contributed by atoms with E-state index in [-0.39, 0.29) is 42.7 Å². The van der Waals surface area contributed by atoms with Gasteiger partial charge in [-0.2, -0.15) is 0 Å². The van der Waals surface area contributed by atoms with E-state index in [0.717, 1.165) is 0 Å². The van der Waals surface area contributed by atoms with Crippen molar-refractivity contribution in [2.75, 3.05) is 26.2 Å². The van der Waals surface area contributed by atoms with E-state index in [2.05, 4.69) is 37.2 Å². The summed E-state index contributed by atoms with van der Waals surface area (Å²) in [6.45, 7) is 4.92. The van der Waals surface area contributed by atoms with Crippen LogP contribution in [0.5, 0.6) is 0 Å². The standard InChI is InChI=1S/C27H48N8O8S/c1-17(36)29-13-7-4-10-20(24(28)41)34-26(43)22(12-6-9-15-31-27(44)32-16-23(39)40)35-25(42)21(33-19(3)38)11-5-8-14-30-18(2)37/h20-22H,4-16H2,1-3H3,(H2,28,41)(H,29,36)(H,30,37)(H,33,38)(H,34,43)(H,35,42)(H,39,40)(H2,31,32,44)/t20-,21-,22-/m0/s1. The molecule has 0 bridgehead atoms. The summed E-state index contributed by atoms with van der Waals surface area (Å²) in [7, 11) is 0. The van der Waals surface area contributed by atoms with Gasteiger partial charge in [-0.1, -0.05) is 0 Å². The molecule has 0 aliphatic rings. The number of carboxylic acids is 1. The highest BCUT2D eigenvalue weighted by Gasteiger charge is 2.28. The van der Waals surface area contributed by atoms with E-state index < -0.39 is 47.7 Å². The van der Waals surface area contributed by atoms with E-state index in [1.54, 1.807) is 0 Å². The van der Waals surface area contributed by atoms with Crippen molar-refractivity contribution < 1.29 is 38.7 Å². The minimum atomic E-state index is -1.06. The molecule has 0 aromatic heterocycles. The van der Waals surface area contributed by atoms with E-state index in [9.17, 15) is 33.6 Å². The Morgan fingerprint density at radius 2 is 1.00 bits per heavy atom. The van der Waals surface area contributed by atoms with Gasteiger partial charge in [-0.15, -0.1) is 0 Å². The smallest absolute Gasteiger partial charge is 0.322 e. The van der Waals surface area contributed by atoms with Crippen molar-refractivity contribution in [3.05, 3.63) is 0 Å². The average Bonchev–Trinajstić information content (AvgIpc) is 2.92. The van der Waals surface area contributed by atoms with Gasteiger partial charge in [0.25, 0.3) is 0 Å². The number of aliphatic carboxylic acids is 1. The van der Waals surface area contributed by atoms with Crippen LogP contribution in [0.2, 0.25) is 0 Å². The molecule has 0 radical (unpaired) electrons. The number of hydrogen-bond acceptors (Lipinski definition) is 8. The molecule has 17 heteroatoms. The van der Waals surface area contributed by atoms with Crippen LogP contribution in [0.15, 0.2) is 0 Å². The highest BCUT2D eigenvalue weighted by atomic mass is 32.1. The predicted molar refractivity (Wildman–Crippen MR) is 166 cm³/mol. The summed E-state index contributed by atoms with van der Waals surface area (Å²) in [5.74, 6) is -3.80. The number of carbonyl (C=O) groups excluding carboxylic acids is 6. The van der Waals surface area contributed by atoms with Gasteiger partial charge in [-0.25, -0.2) is 0 Å². The molecule has 16 nitrogen and oxygen atoms in total. The predicted octanol–water partition coefficient (Wildman–Crippen LogP) is -1.72. The molecule has 0 aromatic rings. The van der Waals surface area contributed by atoms with Crippen LogP contribution >= 0.6 is 12.2 Å². The van der Waals surface area contributed by atoms with Gasteiger partial charge in [0, 0.05) is 40.4 Å². The fraction of sp³-hybridized carbons (Fsp3) is 0.704. The lowest BCUT2D eigenvalue weighted by molar-refractivity contribution is -0.135. The van der Waals surface area contributed by atoms with Gasteiger partial charge < -0.3 is 48.1 Å². The number of rotatable bonds is 23. The van der Waals surface area contributed by atoms with Crippen LogP contribution in [0.25, 0.3) is 0 Å². The third-order valence-corrected chi connectivity index (χ3v) is 6.47. The Labute approximate surface area is 263 Å². The summed E-state index contributed by atoms with van der Waals surface area (Å²) in [6.07, 6.45) is 3.77. The molecule has 0 heterocycles. The first-order valence-corrected chi connectivity index (χ1v) is 15.0. The molecule has 0 rings (SSSR count). The van der Waals surface area contributed by atoms with Crippen molar-refractivity contribution in [1.29, 1.82) is 0 Å². The Morgan fingerprint density at radius 3 is 1.41 bits per heavy atom. The van der Waals surface area contributed by atoms with Gasteiger partial charge in [0.2, 0.25) is 35.4 Å². The number of thiocarbonyl (C=S) groups is 1. The minimum Gasteiger partial charge on any atom is -0.480 e. The van der Waals surface area contributed by atoms with Crippen LogP contribution < -0.4 is 43.0 Å². The molecular weight excluding hydrogens is 596 g/mol. The van der Waals surface area contributed by atoms with E-state index in [1.807, 2.05) is 0 Å². The maximum atomic E-state index is 13.3. The van der Waals surface area contributed by atoms with Crippen LogP contribution in [-0.2, 0) is 33.6 Å².